The van der Waals surface area contributed by atoms with Gasteiger partial charge in [0.05, 0.1) is 6.42 Å². The van der Waals surface area contributed by atoms with Crippen LogP contribution in [0, 0.1) is 0 Å². The van der Waals surface area contributed by atoms with Crippen LogP contribution in [-0.2, 0) is 9.53 Å². The predicted molar refractivity (Wildman–Crippen MR) is 57.9 cm³/mol. The molecule has 14 heavy (non-hydrogen) atoms. The fourth-order valence-corrected chi connectivity index (χ4v) is 1.65. The number of halogens is 1. The zero-order valence-electron chi connectivity index (χ0n) is 7.65. The minimum atomic E-state index is -0.293. The summed E-state index contributed by atoms with van der Waals surface area (Å²) in [4.78, 5) is 11.1. The molecule has 0 spiro atoms. The third-order valence-electron chi connectivity index (χ3n) is 1.75. The van der Waals surface area contributed by atoms with Gasteiger partial charge in [-0.3, -0.25) is 10.5 Å². The van der Waals surface area contributed by atoms with Crippen LogP contribution >= 0.6 is 15.9 Å². The highest BCUT2D eigenvalue weighted by Gasteiger charge is 2.12. The first-order valence-corrected chi connectivity index (χ1v) is 5.20. The van der Waals surface area contributed by atoms with Gasteiger partial charge in [-0.05, 0) is 5.56 Å². The Morgan fingerprint density at radius 3 is 2.64 bits per heavy atom. The summed E-state index contributed by atoms with van der Waals surface area (Å²) >= 11 is 3.41. The summed E-state index contributed by atoms with van der Waals surface area (Å²) in [6, 6.07) is 9.70. The topological polar surface area (TPSA) is 52.3 Å². The van der Waals surface area contributed by atoms with Crippen molar-refractivity contribution in [3.63, 3.8) is 0 Å². The zero-order chi connectivity index (χ0) is 10.4. The third kappa shape index (κ3) is 3.47. The van der Waals surface area contributed by atoms with Crippen molar-refractivity contribution in [3.05, 3.63) is 35.9 Å². The molecule has 2 N–H and O–H groups in total. The molecule has 3 nitrogen and oxygen atoms in total. The van der Waals surface area contributed by atoms with Crippen molar-refractivity contribution in [2.24, 2.45) is 5.73 Å². The summed E-state index contributed by atoms with van der Waals surface area (Å²) < 4.78 is 4.64. The zero-order valence-corrected chi connectivity index (χ0v) is 9.24. The number of hydrogen-bond acceptors (Lipinski definition) is 3. The minimum Gasteiger partial charge on any atom is -0.450 e. The van der Waals surface area contributed by atoms with E-state index in [4.69, 9.17) is 5.73 Å². The summed E-state index contributed by atoms with van der Waals surface area (Å²) in [5, 5.41) is 0. The summed E-state index contributed by atoms with van der Waals surface area (Å²) in [6.45, 7) is -0.0622. The van der Waals surface area contributed by atoms with Crippen LogP contribution in [0.4, 0.5) is 0 Å². The molecule has 0 aromatic heterocycles. The number of rotatable bonds is 4. The third-order valence-corrected chi connectivity index (χ3v) is 2.60. The largest absolute Gasteiger partial charge is 0.450 e. The predicted octanol–water partition coefficient (Wildman–Crippen LogP) is 1.97. The van der Waals surface area contributed by atoms with Gasteiger partial charge in [0.15, 0.2) is 0 Å². The average molecular weight is 258 g/mol. The first-order valence-electron chi connectivity index (χ1n) is 4.28. The van der Waals surface area contributed by atoms with E-state index < -0.39 is 0 Å². The fourth-order valence-electron chi connectivity index (χ4n) is 1.08. The molecule has 1 aromatic carbocycles. The van der Waals surface area contributed by atoms with E-state index in [0.29, 0.717) is 6.42 Å². The van der Waals surface area contributed by atoms with E-state index in [2.05, 4.69) is 20.7 Å². The molecular weight excluding hydrogens is 246 g/mol. The number of nitrogens with two attached hydrogens (primary N) is 1. The van der Waals surface area contributed by atoms with Crippen molar-refractivity contribution < 1.29 is 9.53 Å². The number of benzene rings is 1. The maximum absolute atomic E-state index is 11.1. The molecule has 0 aliphatic rings. The van der Waals surface area contributed by atoms with Crippen molar-refractivity contribution in [1.82, 2.24) is 0 Å². The van der Waals surface area contributed by atoms with Crippen LogP contribution in [0.3, 0.4) is 0 Å². The Labute approximate surface area is 91.4 Å². The van der Waals surface area contributed by atoms with Crippen LogP contribution in [0.15, 0.2) is 30.3 Å². The lowest BCUT2D eigenvalue weighted by molar-refractivity contribution is -0.143. The molecule has 0 fully saturated rings. The molecule has 0 aliphatic carbocycles. The number of hydrogen-bond donors (Lipinski definition) is 1. The molecule has 4 heteroatoms. The summed E-state index contributed by atoms with van der Waals surface area (Å²) in [7, 11) is 0. The van der Waals surface area contributed by atoms with Gasteiger partial charge in [-0.15, -0.1) is 0 Å². The lowest BCUT2D eigenvalue weighted by Gasteiger charge is -2.08. The van der Waals surface area contributed by atoms with E-state index in [9.17, 15) is 4.79 Å². The van der Waals surface area contributed by atoms with Crippen molar-refractivity contribution in [3.8, 4) is 0 Å². The van der Waals surface area contributed by atoms with Crippen LogP contribution in [0.1, 0.15) is 16.8 Å². The van der Waals surface area contributed by atoms with Crippen LogP contribution < -0.4 is 5.73 Å². The second-order valence-electron chi connectivity index (χ2n) is 2.77. The van der Waals surface area contributed by atoms with Crippen LogP contribution in [0.2, 0.25) is 0 Å². The molecule has 1 unspecified atom stereocenters. The fraction of sp³-hybridized carbons (Fsp3) is 0.300. The first kappa shape index (κ1) is 11.2. The van der Waals surface area contributed by atoms with E-state index in [1.807, 2.05) is 30.3 Å². The Kier molecular flexibility index (Phi) is 4.62. The molecule has 0 aliphatic heterocycles. The second-order valence-corrected chi connectivity index (χ2v) is 3.87. The average Bonchev–Trinajstić information content (AvgIpc) is 2.19. The van der Waals surface area contributed by atoms with Gasteiger partial charge in [0.25, 0.3) is 0 Å². The highest BCUT2D eigenvalue weighted by Crippen LogP contribution is 2.26. The smallest absolute Gasteiger partial charge is 0.308 e. The van der Waals surface area contributed by atoms with Gasteiger partial charge in [0.1, 0.15) is 6.73 Å². The highest BCUT2D eigenvalue weighted by molar-refractivity contribution is 9.09. The Balaban J connectivity index is 2.50. The maximum Gasteiger partial charge on any atom is 0.308 e. The number of esters is 1. The lowest BCUT2D eigenvalue weighted by Crippen LogP contribution is -2.13. The van der Waals surface area contributed by atoms with Crippen molar-refractivity contribution >= 4 is 21.9 Å². The molecule has 0 heterocycles. The molecular formula is C10H12BrNO2. The first-order chi connectivity index (χ1) is 6.74. The van der Waals surface area contributed by atoms with Crippen molar-refractivity contribution in [1.29, 1.82) is 0 Å². The van der Waals surface area contributed by atoms with Crippen LogP contribution in [0.5, 0.6) is 0 Å². The van der Waals surface area contributed by atoms with Crippen LogP contribution in [0.25, 0.3) is 0 Å². The normalized spacial score (nSPS) is 12.1. The number of carbonyl (C=O) groups is 1. The molecule has 0 saturated heterocycles. The van der Waals surface area contributed by atoms with Gasteiger partial charge in [0, 0.05) is 4.83 Å². The molecule has 1 rings (SSSR count). The lowest BCUT2D eigenvalue weighted by atomic mass is 10.1. The second kappa shape index (κ2) is 5.78. The van der Waals surface area contributed by atoms with Gasteiger partial charge in [-0.25, -0.2) is 0 Å². The Bertz CT molecular complexity index is 289. The highest BCUT2D eigenvalue weighted by atomic mass is 79.9. The van der Waals surface area contributed by atoms with E-state index in [-0.39, 0.29) is 17.5 Å². The summed E-state index contributed by atoms with van der Waals surface area (Å²) in [5.41, 5.74) is 6.14. The number of alkyl halides is 1. The van der Waals surface area contributed by atoms with E-state index in [1.54, 1.807) is 0 Å². The Morgan fingerprint density at radius 1 is 1.43 bits per heavy atom. The quantitative estimate of drug-likeness (QED) is 0.510. The van der Waals surface area contributed by atoms with E-state index in [0.717, 1.165) is 5.56 Å². The monoisotopic (exact) mass is 257 g/mol. The molecule has 76 valence electrons. The summed E-state index contributed by atoms with van der Waals surface area (Å²) in [5.74, 6) is -0.293. The van der Waals surface area contributed by atoms with Gasteiger partial charge in [-0.2, -0.15) is 0 Å². The minimum absolute atomic E-state index is 0.0113. The molecule has 0 radical (unpaired) electrons. The number of ether oxygens (including phenoxy) is 1. The van der Waals surface area contributed by atoms with E-state index >= 15 is 0 Å². The molecule has 1 aromatic rings. The van der Waals surface area contributed by atoms with Crippen molar-refractivity contribution in [2.45, 2.75) is 11.2 Å². The van der Waals surface area contributed by atoms with Gasteiger partial charge in [-0.1, -0.05) is 46.3 Å². The SMILES string of the molecule is NCOC(=O)CC(Br)c1ccccc1. The van der Waals surface area contributed by atoms with Crippen molar-refractivity contribution in [2.75, 3.05) is 6.73 Å². The molecule has 0 bridgehead atoms. The number of carbonyl (C=O) groups excluding carboxylic acids is 1. The van der Waals surface area contributed by atoms with Gasteiger partial charge >= 0.3 is 5.97 Å². The molecule has 0 saturated carbocycles. The Morgan fingerprint density at radius 2 is 2.07 bits per heavy atom. The molecule has 1 atom stereocenters. The standard InChI is InChI=1S/C10H12BrNO2/c11-9(6-10(13)14-7-12)8-4-2-1-3-5-8/h1-5,9H,6-7,12H2. The van der Waals surface area contributed by atoms with E-state index in [1.165, 1.54) is 0 Å². The molecule has 0 amide bonds. The van der Waals surface area contributed by atoms with Crippen LogP contribution in [-0.4, -0.2) is 12.7 Å². The summed E-state index contributed by atoms with van der Waals surface area (Å²) in [6.07, 6.45) is 0.293. The van der Waals surface area contributed by atoms with Gasteiger partial charge < -0.3 is 4.74 Å². The van der Waals surface area contributed by atoms with Gasteiger partial charge in [0.2, 0.25) is 0 Å². The maximum atomic E-state index is 11.1. The Hall–Kier alpha value is -0.870.